The van der Waals surface area contributed by atoms with Crippen LogP contribution in [0.2, 0.25) is 0 Å². The smallest absolute Gasteiger partial charge is 0.307 e. The molecule has 0 aliphatic rings. The van der Waals surface area contributed by atoms with E-state index in [4.69, 9.17) is 16.2 Å². The number of carbonyl (C=O) groups is 1. The average Bonchev–Trinajstić information content (AvgIpc) is 2.28. The number of nitrogen functional groups attached to an aromatic ring is 1. The molecule has 4 nitrogen and oxygen atoms in total. The predicted molar refractivity (Wildman–Crippen MR) is 66.3 cm³/mol. The average molecular weight is 228 g/mol. The molecular formula is C13H12N2O2. The molecule has 4 N–H and O–H groups in total. The van der Waals surface area contributed by atoms with E-state index in [9.17, 15) is 4.79 Å². The monoisotopic (exact) mass is 228 g/mol. The van der Waals surface area contributed by atoms with Crippen molar-refractivity contribution in [1.82, 2.24) is 0 Å². The van der Waals surface area contributed by atoms with Crippen LogP contribution in [0.25, 0.3) is 10.8 Å². The molecule has 0 spiro atoms. The predicted octanol–water partition coefficient (Wildman–Crippen LogP) is 1.75. The number of hydrogen-bond donors (Lipinski definition) is 3. The standard InChI is InChI=1S/C13H12N2O2/c14-13(15)10-4-5-11-8(6-10)2-1-3-9(11)7-12(16)17/h1-6H,7H2,(H3,14,15)(H,16,17). The van der Waals surface area contributed by atoms with Crippen molar-refractivity contribution in [3.05, 3.63) is 47.5 Å². The number of carboxylic acids is 1. The Bertz CT molecular complexity index is 605. The van der Waals surface area contributed by atoms with Crippen LogP contribution in [0.3, 0.4) is 0 Å². The number of nitrogens with one attached hydrogen (secondary N) is 1. The summed E-state index contributed by atoms with van der Waals surface area (Å²) in [5, 5.41) is 18.0. The normalized spacial score (nSPS) is 10.4. The van der Waals surface area contributed by atoms with Gasteiger partial charge in [-0.15, -0.1) is 0 Å². The lowest BCUT2D eigenvalue weighted by Gasteiger charge is -2.06. The maximum absolute atomic E-state index is 10.7. The Morgan fingerprint density at radius 1 is 1.29 bits per heavy atom. The van der Waals surface area contributed by atoms with Crippen molar-refractivity contribution >= 4 is 22.6 Å². The van der Waals surface area contributed by atoms with Crippen molar-refractivity contribution in [1.29, 1.82) is 5.41 Å². The molecule has 0 bridgehead atoms. The van der Waals surface area contributed by atoms with Gasteiger partial charge in [-0.1, -0.05) is 30.3 Å². The Labute approximate surface area is 98.2 Å². The number of nitrogens with two attached hydrogens (primary N) is 1. The number of carboxylic acid groups (broad SMARTS) is 1. The second-order valence-corrected chi connectivity index (χ2v) is 3.84. The zero-order valence-corrected chi connectivity index (χ0v) is 9.10. The first-order valence-electron chi connectivity index (χ1n) is 5.16. The summed E-state index contributed by atoms with van der Waals surface area (Å²) >= 11 is 0. The van der Waals surface area contributed by atoms with Gasteiger partial charge in [-0.05, 0) is 22.4 Å². The molecule has 2 aromatic carbocycles. The first kappa shape index (κ1) is 11.1. The molecule has 0 fully saturated rings. The molecule has 0 heterocycles. The highest BCUT2D eigenvalue weighted by Crippen LogP contribution is 2.20. The molecule has 0 aliphatic heterocycles. The molecule has 0 aromatic heterocycles. The second kappa shape index (κ2) is 4.25. The van der Waals surface area contributed by atoms with Crippen molar-refractivity contribution in [2.45, 2.75) is 6.42 Å². The van der Waals surface area contributed by atoms with Gasteiger partial charge in [0.25, 0.3) is 0 Å². The third-order valence-corrected chi connectivity index (χ3v) is 2.62. The fourth-order valence-corrected chi connectivity index (χ4v) is 1.84. The summed E-state index contributed by atoms with van der Waals surface area (Å²) in [6.45, 7) is 0. The quantitative estimate of drug-likeness (QED) is 0.552. The molecule has 0 aliphatic carbocycles. The number of fused-ring (bicyclic) bond motifs is 1. The van der Waals surface area contributed by atoms with E-state index in [1.807, 2.05) is 18.2 Å². The number of amidine groups is 1. The molecule has 86 valence electrons. The van der Waals surface area contributed by atoms with Gasteiger partial charge in [-0.25, -0.2) is 0 Å². The summed E-state index contributed by atoms with van der Waals surface area (Å²) in [5.74, 6) is -0.844. The van der Waals surface area contributed by atoms with E-state index in [0.29, 0.717) is 5.56 Å². The molecule has 0 saturated carbocycles. The minimum absolute atomic E-state index is 0.00322. The van der Waals surface area contributed by atoms with Gasteiger partial charge >= 0.3 is 5.97 Å². The Hall–Kier alpha value is -2.36. The maximum atomic E-state index is 10.7. The largest absolute Gasteiger partial charge is 0.481 e. The van der Waals surface area contributed by atoms with Crippen LogP contribution in [-0.4, -0.2) is 16.9 Å². The summed E-state index contributed by atoms with van der Waals surface area (Å²) < 4.78 is 0. The molecular weight excluding hydrogens is 216 g/mol. The first-order valence-corrected chi connectivity index (χ1v) is 5.16. The van der Waals surface area contributed by atoms with Gasteiger partial charge in [-0.2, -0.15) is 0 Å². The van der Waals surface area contributed by atoms with E-state index < -0.39 is 5.97 Å². The van der Waals surface area contributed by atoms with E-state index in [-0.39, 0.29) is 12.3 Å². The van der Waals surface area contributed by atoms with Gasteiger partial charge in [-0.3, -0.25) is 10.2 Å². The van der Waals surface area contributed by atoms with Crippen LogP contribution < -0.4 is 5.73 Å². The third kappa shape index (κ3) is 2.25. The van der Waals surface area contributed by atoms with Gasteiger partial charge in [0.1, 0.15) is 5.84 Å². The van der Waals surface area contributed by atoms with Crippen molar-refractivity contribution in [2.24, 2.45) is 5.73 Å². The lowest BCUT2D eigenvalue weighted by molar-refractivity contribution is -0.136. The van der Waals surface area contributed by atoms with Gasteiger partial charge in [0.15, 0.2) is 0 Å². The molecule has 2 aromatic rings. The van der Waals surface area contributed by atoms with Gasteiger partial charge in [0.2, 0.25) is 0 Å². The first-order chi connectivity index (χ1) is 8.08. The highest BCUT2D eigenvalue weighted by molar-refractivity contribution is 6.00. The summed E-state index contributed by atoms with van der Waals surface area (Å²) in [4.78, 5) is 10.7. The molecule has 0 unspecified atom stereocenters. The SMILES string of the molecule is N=C(N)c1ccc2c(CC(=O)O)cccc2c1. The lowest BCUT2D eigenvalue weighted by Crippen LogP contribution is -2.10. The number of rotatable bonds is 3. The van der Waals surface area contributed by atoms with Crippen LogP contribution >= 0.6 is 0 Å². The zero-order chi connectivity index (χ0) is 12.4. The molecule has 2 rings (SSSR count). The molecule has 0 saturated heterocycles. The maximum Gasteiger partial charge on any atom is 0.307 e. The highest BCUT2D eigenvalue weighted by Gasteiger charge is 2.06. The van der Waals surface area contributed by atoms with Crippen LogP contribution in [-0.2, 0) is 11.2 Å². The van der Waals surface area contributed by atoms with Gasteiger partial charge in [0, 0.05) is 5.56 Å². The van der Waals surface area contributed by atoms with Crippen LogP contribution in [0.1, 0.15) is 11.1 Å². The number of aliphatic carboxylic acids is 1. The number of hydrogen-bond acceptors (Lipinski definition) is 2. The zero-order valence-electron chi connectivity index (χ0n) is 9.10. The number of benzene rings is 2. The fourth-order valence-electron chi connectivity index (χ4n) is 1.84. The van der Waals surface area contributed by atoms with Crippen LogP contribution in [0.15, 0.2) is 36.4 Å². The Balaban J connectivity index is 2.58. The van der Waals surface area contributed by atoms with Crippen LogP contribution in [0.5, 0.6) is 0 Å². The van der Waals surface area contributed by atoms with E-state index >= 15 is 0 Å². The summed E-state index contributed by atoms with van der Waals surface area (Å²) in [7, 11) is 0. The summed E-state index contributed by atoms with van der Waals surface area (Å²) in [6, 6.07) is 10.8. The van der Waals surface area contributed by atoms with E-state index in [0.717, 1.165) is 16.3 Å². The van der Waals surface area contributed by atoms with E-state index in [2.05, 4.69) is 0 Å². The second-order valence-electron chi connectivity index (χ2n) is 3.84. The van der Waals surface area contributed by atoms with E-state index in [1.165, 1.54) is 0 Å². The fraction of sp³-hybridized carbons (Fsp3) is 0.0769. The minimum atomic E-state index is -0.854. The van der Waals surface area contributed by atoms with Gasteiger partial charge < -0.3 is 10.8 Å². The lowest BCUT2D eigenvalue weighted by atomic mass is 10.00. The highest BCUT2D eigenvalue weighted by atomic mass is 16.4. The van der Waals surface area contributed by atoms with Crippen LogP contribution in [0.4, 0.5) is 0 Å². The summed E-state index contributed by atoms with van der Waals surface area (Å²) in [6.07, 6.45) is -0.00322. The van der Waals surface area contributed by atoms with Crippen molar-refractivity contribution in [2.75, 3.05) is 0 Å². The molecule has 17 heavy (non-hydrogen) atoms. The van der Waals surface area contributed by atoms with Crippen LogP contribution in [0, 0.1) is 5.41 Å². The van der Waals surface area contributed by atoms with Gasteiger partial charge in [0.05, 0.1) is 6.42 Å². The molecule has 0 amide bonds. The minimum Gasteiger partial charge on any atom is -0.481 e. The Morgan fingerprint density at radius 2 is 2.06 bits per heavy atom. The topological polar surface area (TPSA) is 87.2 Å². The molecule has 0 radical (unpaired) electrons. The molecule has 4 heteroatoms. The Morgan fingerprint density at radius 3 is 2.71 bits per heavy atom. The van der Waals surface area contributed by atoms with Crippen molar-refractivity contribution in [3.63, 3.8) is 0 Å². The van der Waals surface area contributed by atoms with Crippen molar-refractivity contribution < 1.29 is 9.90 Å². The third-order valence-electron chi connectivity index (χ3n) is 2.62. The van der Waals surface area contributed by atoms with Crippen molar-refractivity contribution in [3.8, 4) is 0 Å². The van der Waals surface area contributed by atoms with E-state index in [1.54, 1.807) is 18.2 Å². The summed E-state index contributed by atoms with van der Waals surface area (Å²) in [5.41, 5.74) is 6.82. The molecule has 0 atom stereocenters. The Kier molecular flexibility index (Phi) is 2.78.